The third-order valence-electron chi connectivity index (χ3n) is 5.47. The SMILES string of the molecule is O=S(=O)(c1ccc(SCc2nnc(-c3ccco3)o2)nc1)N1CCN(Cc2ccccc2)CC1. The van der Waals surface area contributed by atoms with Crippen LogP contribution in [0.25, 0.3) is 11.7 Å². The number of benzene rings is 1. The van der Waals surface area contributed by atoms with Crippen molar-refractivity contribution in [3.63, 3.8) is 0 Å². The van der Waals surface area contributed by atoms with E-state index in [9.17, 15) is 8.42 Å². The van der Waals surface area contributed by atoms with Crippen molar-refractivity contribution < 1.29 is 17.3 Å². The Morgan fingerprint density at radius 1 is 0.941 bits per heavy atom. The van der Waals surface area contributed by atoms with Gasteiger partial charge in [-0.25, -0.2) is 13.4 Å². The van der Waals surface area contributed by atoms with Crippen molar-refractivity contribution in [2.75, 3.05) is 26.2 Å². The Hall–Kier alpha value is -2.99. The maximum Gasteiger partial charge on any atom is 0.283 e. The van der Waals surface area contributed by atoms with Gasteiger partial charge in [0.15, 0.2) is 5.76 Å². The number of piperazine rings is 1. The summed E-state index contributed by atoms with van der Waals surface area (Å²) in [5, 5.41) is 8.64. The normalized spacial score (nSPS) is 15.5. The highest BCUT2D eigenvalue weighted by Crippen LogP contribution is 2.25. The Labute approximate surface area is 201 Å². The summed E-state index contributed by atoms with van der Waals surface area (Å²) in [6, 6.07) is 17.0. The molecule has 0 saturated carbocycles. The molecule has 4 aromatic rings. The minimum atomic E-state index is -3.58. The number of nitrogens with zero attached hydrogens (tertiary/aromatic N) is 5. The van der Waals surface area contributed by atoms with Crippen LogP contribution >= 0.6 is 11.8 Å². The number of sulfonamides is 1. The van der Waals surface area contributed by atoms with E-state index in [1.54, 1.807) is 24.3 Å². The molecule has 9 nitrogen and oxygen atoms in total. The molecule has 1 aliphatic rings. The average molecular weight is 498 g/mol. The van der Waals surface area contributed by atoms with Crippen molar-refractivity contribution in [2.45, 2.75) is 22.2 Å². The van der Waals surface area contributed by atoms with Crippen molar-refractivity contribution in [2.24, 2.45) is 0 Å². The Bertz CT molecular complexity index is 1300. The maximum atomic E-state index is 13.1. The fraction of sp³-hybridized carbons (Fsp3) is 0.261. The number of furan rings is 1. The molecular formula is C23H23N5O4S2. The molecule has 1 aromatic carbocycles. The first-order valence-electron chi connectivity index (χ1n) is 10.8. The monoisotopic (exact) mass is 497 g/mol. The van der Waals surface area contributed by atoms with Crippen LogP contribution in [0.15, 0.2) is 85.8 Å². The van der Waals surface area contributed by atoms with E-state index in [4.69, 9.17) is 8.83 Å². The Morgan fingerprint density at radius 2 is 1.76 bits per heavy atom. The minimum absolute atomic E-state index is 0.200. The summed E-state index contributed by atoms with van der Waals surface area (Å²) in [5.41, 5.74) is 1.23. The van der Waals surface area contributed by atoms with Crippen LogP contribution in [0.3, 0.4) is 0 Å². The zero-order valence-electron chi connectivity index (χ0n) is 18.3. The first kappa shape index (κ1) is 22.8. The lowest BCUT2D eigenvalue weighted by Crippen LogP contribution is -2.48. The Kier molecular flexibility index (Phi) is 6.77. The molecule has 34 heavy (non-hydrogen) atoms. The summed E-state index contributed by atoms with van der Waals surface area (Å²) in [6.07, 6.45) is 2.95. The topological polar surface area (TPSA) is 106 Å². The van der Waals surface area contributed by atoms with E-state index in [1.807, 2.05) is 18.2 Å². The number of aromatic nitrogens is 3. The van der Waals surface area contributed by atoms with Gasteiger partial charge < -0.3 is 8.83 Å². The fourth-order valence-corrected chi connectivity index (χ4v) is 5.72. The molecule has 5 rings (SSSR count). The summed E-state index contributed by atoms with van der Waals surface area (Å²) in [6.45, 7) is 3.13. The lowest BCUT2D eigenvalue weighted by molar-refractivity contribution is 0.181. The van der Waals surface area contributed by atoms with Crippen LogP contribution in [-0.4, -0.2) is 59.0 Å². The van der Waals surface area contributed by atoms with Crippen LogP contribution in [0.2, 0.25) is 0 Å². The molecule has 1 saturated heterocycles. The third kappa shape index (κ3) is 5.22. The zero-order valence-corrected chi connectivity index (χ0v) is 19.9. The molecule has 1 fully saturated rings. The second-order valence-corrected chi connectivity index (χ2v) is 10.7. The molecule has 0 atom stereocenters. The van der Waals surface area contributed by atoms with Gasteiger partial charge in [-0.1, -0.05) is 42.1 Å². The lowest BCUT2D eigenvalue weighted by Gasteiger charge is -2.33. The summed E-state index contributed by atoms with van der Waals surface area (Å²) in [7, 11) is -3.58. The van der Waals surface area contributed by atoms with E-state index >= 15 is 0 Å². The van der Waals surface area contributed by atoms with Crippen LogP contribution < -0.4 is 0 Å². The van der Waals surface area contributed by atoms with Crippen molar-refractivity contribution in [3.05, 3.63) is 78.5 Å². The van der Waals surface area contributed by atoms with Crippen LogP contribution in [0.4, 0.5) is 0 Å². The van der Waals surface area contributed by atoms with Crippen LogP contribution in [0, 0.1) is 0 Å². The smallest absolute Gasteiger partial charge is 0.283 e. The van der Waals surface area contributed by atoms with E-state index in [0.717, 1.165) is 6.54 Å². The molecular weight excluding hydrogens is 474 g/mol. The predicted octanol–water partition coefficient (Wildman–Crippen LogP) is 3.52. The summed E-state index contributed by atoms with van der Waals surface area (Å²) in [4.78, 5) is 6.79. The first-order valence-corrected chi connectivity index (χ1v) is 13.2. The minimum Gasteiger partial charge on any atom is -0.459 e. The van der Waals surface area contributed by atoms with Gasteiger partial charge in [0.2, 0.25) is 15.9 Å². The van der Waals surface area contributed by atoms with Crippen molar-refractivity contribution in [3.8, 4) is 11.7 Å². The van der Waals surface area contributed by atoms with Gasteiger partial charge in [-0.15, -0.1) is 10.2 Å². The molecule has 0 spiro atoms. The van der Waals surface area contributed by atoms with Gasteiger partial charge in [0.25, 0.3) is 5.89 Å². The molecule has 0 amide bonds. The quantitative estimate of drug-likeness (QED) is 0.338. The molecule has 0 aliphatic carbocycles. The Balaban J connectivity index is 1.15. The van der Waals surface area contributed by atoms with Crippen molar-refractivity contribution >= 4 is 21.8 Å². The summed E-state index contributed by atoms with van der Waals surface area (Å²) < 4.78 is 38.5. The van der Waals surface area contributed by atoms with Crippen molar-refractivity contribution in [1.82, 2.24) is 24.4 Å². The standard InChI is InChI=1S/C23H23N5O4S2/c29-34(30,28-12-10-27(11-13-28)16-18-5-2-1-3-6-18)19-8-9-22(24-15-19)33-17-21-25-26-23(32-21)20-7-4-14-31-20/h1-9,14-15H,10-13,16-17H2. The largest absolute Gasteiger partial charge is 0.459 e. The Morgan fingerprint density at radius 3 is 2.47 bits per heavy atom. The molecule has 176 valence electrons. The van der Waals surface area contributed by atoms with Gasteiger partial charge in [-0.05, 0) is 29.8 Å². The number of rotatable bonds is 8. The number of thioether (sulfide) groups is 1. The molecule has 0 bridgehead atoms. The van der Waals surface area contributed by atoms with E-state index in [2.05, 4.69) is 32.2 Å². The second kappa shape index (κ2) is 10.1. The molecule has 11 heteroatoms. The molecule has 0 radical (unpaired) electrons. The second-order valence-electron chi connectivity index (χ2n) is 7.76. The van der Waals surface area contributed by atoms with Crippen molar-refractivity contribution in [1.29, 1.82) is 0 Å². The predicted molar refractivity (Wildman–Crippen MR) is 126 cm³/mol. The zero-order chi connectivity index (χ0) is 23.4. The van der Waals surface area contributed by atoms with Gasteiger partial charge in [-0.2, -0.15) is 4.31 Å². The maximum absolute atomic E-state index is 13.1. The summed E-state index contributed by atoms with van der Waals surface area (Å²) >= 11 is 1.39. The third-order valence-corrected chi connectivity index (χ3v) is 8.28. The average Bonchev–Trinajstić information content (AvgIpc) is 3.56. The van der Waals surface area contributed by atoms with Crippen LogP contribution in [-0.2, 0) is 22.3 Å². The summed E-state index contributed by atoms with van der Waals surface area (Å²) in [5.74, 6) is 1.68. The van der Waals surface area contributed by atoms with Gasteiger partial charge in [0, 0.05) is 38.9 Å². The highest BCUT2D eigenvalue weighted by atomic mass is 32.2. The highest BCUT2D eigenvalue weighted by molar-refractivity contribution is 7.98. The van der Waals surface area contributed by atoms with Gasteiger partial charge in [0.05, 0.1) is 17.0 Å². The van der Waals surface area contributed by atoms with E-state index in [1.165, 1.54) is 34.1 Å². The van der Waals surface area contributed by atoms with Crippen LogP contribution in [0.5, 0.6) is 0 Å². The van der Waals surface area contributed by atoms with E-state index in [0.29, 0.717) is 54.5 Å². The van der Waals surface area contributed by atoms with Gasteiger partial charge in [-0.3, -0.25) is 4.90 Å². The molecule has 0 unspecified atom stereocenters. The fourth-order valence-electron chi connectivity index (χ4n) is 3.67. The number of pyridine rings is 1. The van der Waals surface area contributed by atoms with E-state index < -0.39 is 10.0 Å². The highest BCUT2D eigenvalue weighted by Gasteiger charge is 2.28. The van der Waals surface area contributed by atoms with Gasteiger partial charge in [0.1, 0.15) is 4.90 Å². The first-order chi connectivity index (χ1) is 16.6. The number of hydrogen-bond acceptors (Lipinski definition) is 9. The molecule has 0 N–H and O–H groups in total. The van der Waals surface area contributed by atoms with Crippen LogP contribution in [0.1, 0.15) is 11.5 Å². The van der Waals surface area contributed by atoms with Gasteiger partial charge >= 0.3 is 0 Å². The molecule has 3 aromatic heterocycles. The lowest BCUT2D eigenvalue weighted by atomic mass is 10.2. The van der Waals surface area contributed by atoms with E-state index in [-0.39, 0.29) is 4.90 Å². The molecule has 4 heterocycles. The molecule has 1 aliphatic heterocycles. The number of hydrogen-bond donors (Lipinski definition) is 0.